The van der Waals surface area contributed by atoms with Crippen LogP contribution in [0.25, 0.3) is 0 Å². The van der Waals surface area contributed by atoms with Gasteiger partial charge in [-0.05, 0) is 19.5 Å². The van der Waals surface area contributed by atoms with Crippen LogP contribution in [0.4, 0.5) is 0 Å². The average molecular weight is 365 g/mol. The van der Waals surface area contributed by atoms with Crippen LogP contribution >= 0.6 is 46.3 Å². The molecule has 3 rings (SSSR count). The molecule has 3 heterocycles. The van der Waals surface area contributed by atoms with Gasteiger partial charge in [0.05, 0.1) is 0 Å². The molecule has 0 saturated carbocycles. The molecule has 6 nitrogen and oxygen atoms in total. The molecular formula is C11H14Cl2N6S2. The molecule has 0 amide bonds. The molecule has 10 heteroatoms. The van der Waals surface area contributed by atoms with E-state index >= 15 is 0 Å². The lowest BCUT2D eigenvalue weighted by Gasteiger charge is -2.20. The Hall–Kier alpha value is -0.380. The second-order valence-electron chi connectivity index (χ2n) is 4.89. The third kappa shape index (κ3) is 4.08. The summed E-state index contributed by atoms with van der Waals surface area (Å²) in [6.07, 6.45) is 1.10. The molecule has 0 aromatic carbocycles. The molecule has 2 aromatic heterocycles. The van der Waals surface area contributed by atoms with E-state index in [0.717, 1.165) is 57.1 Å². The van der Waals surface area contributed by atoms with Crippen LogP contribution in [-0.4, -0.2) is 55.2 Å². The van der Waals surface area contributed by atoms with E-state index in [9.17, 15) is 0 Å². The van der Waals surface area contributed by atoms with Gasteiger partial charge in [-0.25, -0.2) is 0 Å². The van der Waals surface area contributed by atoms with Crippen LogP contribution in [0, 0.1) is 0 Å². The summed E-state index contributed by atoms with van der Waals surface area (Å²) in [5, 5.41) is 8.16. The molecule has 0 spiro atoms. The van der Waals surface area contributed by atoms with Crippen molar-refractivity contribution in [3.63, 3.8) is 0 Å². The zero-order chi connectivity index (χ0) is 14.7. The van der Waals surface area contributed by atoms with Crippen LogP contribution in [0.2, 0.25) is 8.67 Å². The van der Waals surface area contributed by atoms with Gasteiger partial charge in [-0.3, -0.25) is 9.80 Å². The van der Waals surface area contributed by atoms with Crippen molar-refractivity contribution in [3.05, 3.63) is 20.1 Å². The number of halogens is 2. The molecule has 1 fully saturated rings. The van der Waals surface area contributed by atoms with Gasteiger partial charge in [-0.1, -0.05) is 32.2 Å². The Bertz CT molecular complexity index is 539. The van der Waals surface area contributed by atoms with Gasteiger partial charge in [0.2, 0.25) is 0 Å². The van der Waals surface area contributed by atoms with Crippen molar-refractivity contribution in [3.8, 4) is 0 Å². The lowest BCUT2D eigenvalue weighted by molar-refractivity contribution is 0.244. The van der Waals surface area contributed by atoms with Crippen molar-refractivity contribution in [2.45, 2.75) is 19.5 Å². The van der Waals surface area contributed by atoms with Gasteiger partial charge in [-0.2, -0.15) is 0 Å². The smallest absolute Gasteiger partial charge is 0.138 e. The second-order valence-corrected chi connectivity index (χ2v) is 7.60. The molecule has 2 aromatic rings. The Morgan fingerprint density at radius 3 is 1.67 bits per heavy atom. The van der Waals surface area contributed by atoms with Crippen LogP contribution in [0.15, 0.2) is 0 Å². The molecule has 0 N–H and O–H groups in total. The van der Waals surface area contributed by atoms with E-state index in [-0.39, 0.29) is 0 Å². The van der Waals surface area contributed by atoms with Gasteiger partial charge in [0.1, 0.15) is 20.1 Å². The molecule has 0 atom stereocenters. The molecule has 1 aliphatic heterocycles. The lowest BCUT2D eigenvalue weighted by atomic mass is 10.3. The minimum absolute atomic E-state index is 0.691. The van der Waals surface area contributed by atoms with Crippen LogP contribution in [0.1, 0.15) is 17.8 Å². The fourth-order valence-electron chi connectivity index (χ4n) is 2.35. The third-order valence-corrected chi connectivity index (χ3v) is 5.42. The highest BCUT2D eigenvalue weighted by Crippen LogP contribution is 2.21. The van der Waals surface area contributed by atoms with Crippen molar-refractivity contribution in [2.24, 2.45) is 0 Å². The van der Waals surface area contributed by atoms with Crippen molar-refractivity contribution in [1.29, 1.82) is 0 Å². The molecule has 0 bridgehead atoms. The largest absolute Gasteiger partial charge is 0.296 e. The fourth-order valence-corrected chi connectivity index (χ4v) is 3.57. The second kappa shape index (κ2) is 7.26. The lowest BCUT2D eigenvalue weighted by Crippen LogP contribution is -2.30. The van der Waals surface area contributed by atoms with Gasteiger partial charge in [0.25, 0.3) is 0 Å². The summed E-state index contributed by atoms with van der Waals surface area (Å²) in [7, 11) is 0. The van der Waals surface area contributed by atoms with E-state index in [1.54, 1.807) is 0 Å². The average Bonchev–Trinajstić information content (AvgIpc) is 2.97. The van der Waals surface area contributed by atoms with E-state index in [1.807, 2.05) is 0 Å². The van der Waals surface area contributed by atoms with Crippen LogP contribution < -0.4 is 0 Å². The van der Waals surface area contributed by atoms with Gasteiger partial charge < -0.3 is 0 Å². The summed E-state index contributed by atoms with van der Waals surface area (Å²) in [5.74, 6) is 0. The Morgan fingerprint density at radius 2 is 1.29 bits per heavy atom. The van der Waals surface area contributed by atoms with E-state index < -0.39 is 0 Å². The molecule has 0 unspecified atom stereocenters. The maximum atomic E-state index is 6.07. The first kappa shape index (κ1) is 15.5. The van der Waals surface area contributed by atoms with E-state index in [1.165, 1.54) is 23.1 Å². The molecule has 0 radical (unpaired) electrons. The summed E-state index contributed by atoms with van der Waals surface area (Å²) in [4.78, 5) is 4.73. The van der Waals surface area contributed by atoms with E-state index in [4.69, 9.17) is 23.2 Å². The van der Waals surface area contributed by atoms with Crippen LogP contribution in [0.5, 0.6) is 0 Å². The molecule has 1 saturated heterocycles. The maximum absolute atomic E-state index is 6.07. The van der Waals surface area contributed by atoms with Gasteiger partial charge in [0.15, 0.2) is 0 Å². The first-order valence-electron chi connectivity index (χ1n) is 6.60. The standard InChI is InChI=1S/C11H14Cl2N6S2/c12-10-8(14-16-20-10)6-18-2-1-3-19(5-4-18)7-9-11(13)21-17-15-9/h1-7H2. The molecule has 114 valence electrons. The number of rotatable bonds is 4. The molecular weight excluding hydrogens is 351 g/mol. The quantitative estimate of drug-likeness (QED) is 0.829. The molecule has 0 aliphatic carbocycles. The summed E-state index contributed by atoms with van der Waals surface area (Å²) in [6, 6.07) is 0. The zero-order valence-electron chi connectivity index (χ0n) is 11.2. The highest BCUT2D eigenvalue weighted by atomic mass is 35.5. The van der Waals surface area contributed by atoms with E-state index in [0.29, 0.717) is 8.67 Å². The van der Waals surface area contributed by atoms with E-state index in [2.05, 4.69) is 29.0 Å². The van der Waals surface area contributed by atoms with Crippen LogP contribution in [0.3, 0.4) is 0 Å². The topological polar surface area (TPSA) is 58.0 Å². The molecule has 21 heavy (non-hydrogen) atoms. The van der Waals surface area contributed by atoms with Crippen molar-refractivity contribution < 1.29 is 0 Å². The summed E-state index contributed by atoms with van der Waals surface area (Å²) >= 11 is 14.6. The monoisotopic (exact) mass is 364 g/mol. The van der Waals surface area contributed by atoms with Gasteiger partial charge in [0, 0.05) is 49.2 Å². The number of aromatic nitrogens is 4. The Balaban J connectivity index is 1.54. The number of hydrogen-bond acceptors (Lipinski definition) is 8. The highest BCUT2D eigenvalue weighted by molar-refractivity contribution is 7.10. The number of hydrogen-bond donors (Lipinski definition) is 0. The van der Waals surface area contributed by atoms with Crippen molar-refractivity contribution in [1.82, 2.24) is 29.0 Å². The Kier molecular flexibility index (Phi) is 5.36. The predicted molar refractivity (Wildman–Crippen MR) is 85.0 cm³/mol. The maximum Gasteiger partial charge on any atom is 0.138 e. The third-order valence-electron chi connectivity index (χ3n) is 3.45. The Morgan fingerprint density at radius 1 is 0.810 bits per heavy atom. The number of nitrogens with zero attached hydrogens (tertiary/aromatic N) is 6. The van der Waals surface area contributed by atoms with Crippen LogP contribution in [-0.2, 0) is 13.1 Å². The minimum Gasteiger partial charge on any atom is -0.296 e. The van der Waals surface area contributed by atoms with Crippen molar-refractivity contribution in [2.75, 3.05) is 26.2 Å². The first-order valence-corrected chi connectivity index (χ1v) is 8.91. The minimum atomic E-state index is 0.691. The summed E-state index contributed by atoms with van der Waals surface area (Å²) < 4.78 is 9.14. The predicted octanol–water partition coefficient (Wildman–Crippen LogP) is 2.40. The van der Waals surface area contributed by atoms with Gasteiger partial charge >= 0.3 is 0 Å². The SMILES string of the molecule is Clc1snnc1CN1CCCN(Cc2nnsc2Cl)CC1. The Labute approximate surface area is 141 Å². The normalized spacial score (nSPS) is 18.0. The first-order chi connectivity index (χ1) is 10.2. The summed E-state index contributed by atoms with van der Waals surface area (Å²) in [5.41, 5.74) is 1.75. The van der Waals surface area contributed by atoms with Gasteiger partial charge in [-0.15, -0.1) is 10.2 Å². The fraction of sp³-hybridized carbons (Fsp3) is 0.636. The van der Waals surface area contributed by atoms with Crippen molar-refractivity contribution >= 4 is 46.3 Å². The zero-order valence-corrected chi connectivity index (χ0v) is 14.4. The highest BCUT2D eigenvalue weighted by Gasteiger charge is 2.19. The summed E-state index contributed by atoms with van der Waals surface area (Å²) in [6.45, 7) is 5.55. The molecule has 1 aliphatic rings.